The second-order valence-electron chi connectivity index (χ2n) is 3.55. The summed E-state index contributed by atoms with van der Waals surface area (Å²) in [4.78, 5) is 15.5. The van der Waals surface area contributed by atoms with E-state index >= 15 is 0 Å². The van der Waals surface area contributed by atoms with Crippen LogP contribution in [0.2, 0.25) is 0 Å². The van der Waals surface area contributed by atoms with Crippen LogP contribution in [0.25, 0.3) is 0 Å². The fraction of sp³-hybridized carbons (Fsp3) is 0.0909. The number of alkyl halides is 3. The highest BCUT2D eigenvalue weighted by atomic mass is 79.9. The molecule has 0 bridgehead atoms. The molecule has 0 atom stereocenters. The molecular weight excluding hydrogens is 345 g/mol. The Morgan fingerprint density at radius 1 is 1.32 bits per heavy atom. The zero-order chi connectivity index (χ0) is 14.0. The van der Waals surface area contributed by atoms with Crippen molar-refractivity contribution in [3.05, 3.63) is 44.8 Å². The molecule has 19 heavy (non-hydrogen) atoms. The van der Waals surface area contributed by atoms with Gasteiger partial charge in [-0.1, -0.05) is 15.9 Å². The molecule has 8 heteroatoms. The summed E-state index contributed by atoms with van der Waals surface area (Å²) >= 11 is 4.21. The summed E-state index contributed by atoms with van der Waals surface area (Å²) in [5.41, 5.74) is 0.852. The lowest BCUT2D eigenvalue weighted by atomic mass is 10.2. The number of anilines is 1. The summed E-state index contributed by atoms with van der Waals surface area (Å²) in [6.07, 6.45) is -4.47. The normalized spacial score (nSPS) is 11.4. The highest BCUT2D eigenvalue weighted by Crippen LogP contribution is 2.33. The van der Waals surface area contributed by atoms with Crippen LogP contribution in [0.3, 0.4) is 0 Å². The van der Waals surface area contributed by atoms with Crippen molar-refractivity contribution in [3.63, 3.8) is 0 Å². The van der Waals surface area contributed by atoms with Crippen LogP contribution in [0.4, 0.5) is 18.9 Å². The molecule has 100 valence electrons. The standard InChI is InChI=1S/C11H6BrF3N2OS/c12-7-1-6(11(13,14)15)2-8(3-7)17-10(18)9-4-19-5-16-9/h1-5H,(H,17,18). The molecular formula is C11H6BrF3N2OS. The van der Waals surface area contributed by atoms with Crippen LogP contribution in [0.15, 0.2) is 33.6 Å². The van der Waals surface area contributed by atoms with E-state index in [4.69, 9.17) is 0 Å². The molecule has 0 fully saturated rings. The first kappa shape index (κ1) is 14.0. The van der Waals surface area contributed by atoms with Crippen LogP contribution in [0.1, 0.15) is 16.1 Å². The molecule has 1 N–H and O–H groups in total. The molecule has 1 aromatic heterocycles. The van der Waals surface area contributed by atoms with Crippen LogP contribution >= 0.6 is 27.3 Å². The Morgan fingerprint density at radius 2 is 2.05 bits per heavy atom. The first-order chi connectivity index (χ1) is 8.86. The third-order valence-corrected chi connectivity index (χ3v) is 3.19. The van der Waals surface area contributed by atoms with Gasteiger partial charge in [-0.15, -0.1) is 11.3 Å². The second-order valence-corrected chi connectivity index (χ2v) is 5.19. The van der Waals surface area contributed by atoms with Gasteiger partial charge in [-0.3, -0.25) is 4.79 Å². The summed E-state index contributed by atoms with van der Waals surface area (Å²) in [6, 6.07) is 3.20. The number of nitrogens with one attached hydrogen (secondary N) is 1. The quantitative estimate of drug-likeness (QED) is 0.882. The molecule has 0 saturated carbocycles. The molecule has 0 aliphatic carbocycles. The number of nitrogens with zero attached hydrogens (tertiary/aromatic N) is 1. The van der Waals surface area contributed by atoms with Crippen molar-refractivity contribution in [2.75, 3.05) is 5.32 Å². The third-order valence-electron chi connectivity index (χ3n) is 2.15. The lowest BCUT2D eigenvalue weighted by Crippen LogP contribution is -2.13. The van der Waals surface area contributed by atoms with E-state index in [9.17, 15) is 18.0 Å². The SMILES string of the molecule is O=C(Nc1cc(Br)cc(C(F)(F)F)c1)c1cscn1. The summed E-state index contributed by atoms with van der Waals surface area (Å²) in [5, 5.41) is 3.88. The lowest BCUT2D eigenvalue weighted by Gasteiger charge is -2.10. The van der Waals surface area contributed by atoms with E-state index in [1.165, 1.54) is 28.3 Å². The maximum Gasteiger partial charge on any atom is 0.416 e. The highest BCUT2D eigenvalue weighted by molar-refractivity contribution is 9.10. The molecule has 2 aromatic rings. The van der Waals surface area contributed by atoms with E-state index in [0.717, 1.165) is 12.1 Å². The molecule has 0 radical (unpaired) electrons. The molecule has 3 nitrogen and oxygen atoms in total. The van der Waals surface area contributed by atoms with Gasteiger partial charge in [0, 0.05) is 15.5 Å². The van der Waals surface area contributed by atoms with E-state index in [1.54, 1.807) is 0 Å². The number of aromatic nitrogens is 1. The minimum Gasteiger partial charge on any atom is -0.321 e. The van der Waals surface area contributed by atoms with Crippen LogP contribution in [0.5, 0.6) is 0 Å². The van der Waals surface area contributed by atoms with Crippen molar-refractivity contribution in [1.29, 1.82) is 0 Å². The van der Waals surface area contributed by atoms with Gasteiger partial charge in [0.05, 0.1) is 11.1 Å². The van der Waals surface area contributed by atoms with Gasteiger partial charge in [0.15, 0.2) is 0 Å². The van der Waals surface area contributed by atoms with Crippen LogP contribution in [-0.4, -0.2) is 10.9 Å². The van der Waals surface area contributed by atoms with Gasteiger partial charge < -0.3 is 5.32 Å². The van der Waals surface area contributed by atoms with Gasteiger partial charge >= 0.3 is 6.18 Å². The summed E-state index contributed by atoms with van der Waals surface area (Å²) < 4.78 is 38.1. The first-order valence-corrected chi connectivity index (χ1v) is 6.67. The number of carbonyl (C=O) groups is 1. The predicted molar refractivity (Wildman–Crippen MR) is 69.2 cm³/mol. The van der Waals surface area contributed by atoms with E-state index in [1.807, 2.05) is 0 Å². The minimum atomic E-state index is -4.47. The lowest BCUT2D eigenvalue weighted by molar-refractivity contribution is -0.137. The Bertz CT molecular complexity index is 598. The van der Waals surface area contributed by atoms with Crippen molar-refractivity contribution in [2.45, 2.75) is 6.18 Å². The van der Waals surface area contributed by atoms with Crippen molar-refractivity contribution in [1.82, 2.24) is 4.98 Å². The Labute approximate surface area is 118 Å². The molecule has 0 aliphatic heterocycles. The Morgan fingerprint density at radius 3 is 2.63 bits per heavy atom. The number of carbonyl (C=O) groups excluding carboxylic acids is 1. The molecule has 1 heterocycles. The van der Waals surface area contributed by atoms with Crippen molar-refractivity contribution >= 4 is 38.9 Å². The summed E-state index contributed by atoms with van der Waals surface area (Å²) in [7, 11) is 0. The maximum atomic E-state index is 12.6. The third kappa shape index (κ3) is 3.54. The first-order valence-electron chi connectivity index (χ1n) is 4.93. The molecule has 0 aliphatic rings. The maximum absolute atomic E-state index is 12.6. The average molecular weight is 351 g/mol. The van der Waals surface area contributed by atoms with E-state index in [-0.39, 0.29) is 15.9 Å². The number of benzene rings is 1. The number of hydrogen-bond donors (Lipinski definition) is 1. The zero-order valence-electron chi connectivity index (χ0n) is 9.16. The Hall–Kier alpha value is -1.41. The average Bonchev–Trinajstić information content (AvgIpc) is 2.80. The molecule has 1 aromatic carbocycles. The summed E-state index contributed by atoms with van der Waals surface area (Å²) in [5.74, 6) is -0.549. The summed E-state index contributed by atoms with van der Waals surface area (Å²) in [6.45, 7) is 0. The van der Waals surface area contributed by atoms with E-state index in [2.05, 4.69) is 26.2 Å². The molecule has 0 spiro atoms. The number of amides is 1. The smallest absolute Gasteiger partial charge is 0.321 e. The number of thiazole rings is 1. The van der Waals surface area contributed by atoms with Gasteiger partial charge in [-0.2, -0.15) is 13.2 Å². The second kappa shape index (κ2) is 5.30. The monoisotopic (exact) mass is 350 g/mol. The number of hydrogen-bond acceptors (Lipinski definition) is 3. The van der Waals surface area contributed by atoms with Crippen molar-refractivity contribution in [2.24, 2.45) is 0 Å². The van der Waals surface area contributed by atoms with Crippen LogP contribution in [0, 0.1) is 0 Å². The van der Waals surface area contributed by atoms with Crippen LogP contribution < -0.4 is 5.32 Å². The van der Waals surface area contributed by atoms with Crippen molar-refractivity contribution in [3.8, 4) is 0 Å². The van der Waals surface area contributed by atoms with Gasteiger partial charge in [0.25, 0.3) is 5.91 Å². The Balaban J connectivity index is 2.26. The number of rotatable bonds is 2. The predicted octanol–water partition coefficient (Wildman–Crippen LogP) is 4.18. The van der Waals surface area contributed by atoms with E-state index < -0.39 is 17.6 Å². The zero-order valence-corrected chi connectivity index (χ0v) is 11.6. The topological polar surface area (TPSA) is 42.0 Å². The van der Waals surface area contributed by atoms with Gasteiger partial charge in [-0.05, 0) is 18.2 Å². The van der Waals surface area contributed by atoms with Gasteiger partial charge in [-0.25, -0.2) is 4.98 Å². The molecule has 0 saturated heterocycles. The van der Waals surface area contributed by atoms with Crippen LogP contribution in [-0.2, 0) is 6.18 Å². The van der Waals surface area contributed by atoms with Gasteiger partial charge in [0.1, 0.15) is 5.69 Å². The fourth-order valence-electron chi connectivity index (χ4n) is 1.35. The Kier molecular flexibility index (Phi) is 3.91. The molecule has 0 unspecified atom stereocenters. The largest absolute Gasteiger partial charge is 0.416 e. The molecule has 1 amide bonds. The fourth-order valence-corrected chi connectivity index (χ4v) is 2.37. The molecule has 2 rings (SSSR count). The minimum absolute atomic E-state index is 0.0553. The number of halogens is 4. The van der Waals surface area contributed by atoms with Gasteiger partial charge in [0.2, 0.25) is 0 Å². The van der Waals surface area contributed by atoms with E-state index in [0.29, 0.717) is 0 Å². The highest BCUT2D eigenvalue weighted by Gasteiger charge is 2.31. The van der Waals surface area contributed by atoms with Crippen molar-refractivity contribution < 1.29 is 18.0 Å².